The predicted molar refractivity (Wildman–Crippen MR) is 120 cm³/mol. The van der Waals surface area contributed by atoms with E-state index in [1.165, 1.54) is 0 Å². The molecule has 0 spiro atoms. The lowest BCUT2D eigenvalue weighted by atomic mass is 10.1. The Kier molecular flexibility index (Phi) is 6.84. The van der Waals surface area contributed by atoms with Gasteiger partial charge >= 0.3 is 5.97 Å². The van der Waals surface area contributed by atoms with Crippen LogP contribution >= 0.6 is 15.9 Å². The predicted octanol–water partition coefficient (Wildman–Crippen LogP) is 4.80. The number of carbonyl (C=O) groups is 2. The Morgan fingerprint density at radius 1 is 1.13 bits per heavy atom. The third-order valence-corrected chi connectivity index (χ3v) is 5.12. The van der Waals surface area contributed by atoms with Gasteiger partial charge in [-0.25, -0.2) is 10.2 Å². The fraction of sp³-hybridized carbons (Fsp3) is 0.174. The third kappa shape index (κ3) is 4.68. The normalized spacial score (nSPS) is 10.9. The highest BCUT2D eigenvalue weighted by Crippen LogP contribution is 2.23. The molecule has 30 heavy (non-hydrogen) atoms. The topological polar surface area (TPSA) is 72.7 Å². The van der Waals surface area contributed by atoms with Crippen LogP contribution in [0.2, 0.25) is 0 Å². The molecule has 0 aliphatic rings. The lowest BCUT2D eigenvalue weighted by Gasteiger charge is -2.14. The molecule has 1 aromatic heterocycles. The summed E-state index contributed by atoms with van der Waals surface area (Å²) in [4.78, 5) is 24.6. The highest BCUT2D eigenvalue weighted by atomic mass is 79.9. The van der Waals surface area contributed by atoms with E-state index in [2.05, 4.69) is 26.5 Å². The maximum absolute atomic E-state index is 12.4. The monoisotopic (exact) mass is 467 g/mol. The minimum absolute atomic E-state index is 0.291. The van der Waals surface area contributed by atoms with E-state index in [-0.39, 0.29) is 11.9 Å². The van der Waals surface area contributed by atoms with Crippen molar-refractivity contribution in [2.75, 3.05) is 6.61 Å². The first kappa shape index (κ1) is 21.5. The average molecular weight is 468 g/mol. The van der Waals surface area contributed by atoms with Gasteiger partial charge in [-0.2, -0.15) is 5.10 Å². The Morgan fingerprint density at radius 2 is 1.83 bits per heavy atom. The molecule has 0 aliphatic carbocycles. The fourth-order valence-corrected chi connectivity index (χ4v) is 3.43. The minimum Gasteiger partial charge on any atom is -0.462 e. The van der Waals surface area contributed by atoms with Crippen molar-refractivity contribution in [1.82, 2.24) is 9.99 Å². The van der Waals surface area contributed by atoms with Crippen molar-refractivity contribution in [3.63, 3.8) is 0 Å². The molecule has 2 aromatic carbocycles. The summed E-state index contributed by atoms with van der Waals surface area (Å²) >= 11 is 3.34. The van der Waals surface area contributed by atoms with Gasteiger partial charge in [0.1, 0.15) is 0 Å². The Morgan fingerprint density at radius 3 is 2.53 bits per heavy atom. The first-order chi connectivity index (χ1) is 14.4. The maximum atomic E-state index is 12.4. The number of esters is 1. The quantitative estimate of drug-likeness (QED) is 0.321. The molecule has 0 saturated carbocycles. The number of hydrogen-bond acceptors (Lipinski definition) is 4. The summed E-state index contributed by atoms with van der Waals surface area (Å²) in [6.45, 7) is 5.98. The van der Waals surface area contributed by atoms with Crippen LogP contribution < -0.4 is 5.43 Å². The number of hydrogen-bond donors (Lipinski definition) is 1. The fourth-order valence-electron chi connectivity index (χ4n) is 3.17. The van der Waals surface area contributed by atoms with Crippen molar-refractivity contribution in [1.29, 1.82) is 0 Å². The van der Waals surface area contributed by atoms with Gasteiger partial charge in [-0.05, 0) is 63.2 Å². The number of hydrazone groups is 1. The summed E-state index contributed by atoms with van der Waals surface area (Å²) in [6, 6.07) is 16.3. The Hall–Kier alpha value is -3.19. The van der Waals surface area contributed by atoms with E-state index in [0.29, 0.717) is 17.7 Å². The van der Waals surface area contributed by atoms with Crippen molar-refractivity contribution >= 4 is 34.0 Å². The maximum Gasteiger partial charge on any atom is 0.340 e. The molecule has 1 N–H and O–H groups in total. The second-order valence-electron chi connectivity index (χ2n) is 6.61. The van der Waals surface area contributed by atoms with Gasteiger partial charge in [-0.1, -0.05) is 28.1 Å². The molecule has 1 amide bonds. The standard InChI is InChI=1S/C23H22BrN3O3/c1-4-30-23(29)20-7-5-6-8-21(20)27-15(2)13-18(16(27)3)14-25-26-22(28)17-9-11-19(24)12-10-17/h5-14H,4H2,1-3H3,(H,26,28)/b25-14-. The van der Waals surface area contributed by atoms with Gasteiger partial charge in [0.2, 0.25) is 0 Å². The largest absolute Gasteiger partial charge is 0.462 e. The molecule has 154 valence electrons. The van der Waals surface area contributed by atoms with Crippen molar-refractivity contribution in [2.45, 2.75) is 20.8 Å². The Balaban J connectivity index is 1.85. The lowest BCUT2D eigenvalue weighted by molar-refractivity contribution is 0.0526. The number of nitrogens with one attached hydrogen (secondary N) is 1. The van der Waals surface area contributed by atoms with Gasteiger partial charge in [0.15, 0.2) is 0 Å². The van der Waals surface area contributed by atoms with E-state index in [4.69, 9.17) is 4.74 Å². The van der Waals surface area contributed by atoms with Gasteiger partial charge in [-0.15, -0.1) is 0 Å². The molecule has 6 nitrogen and oxygen atoms in total. The van der Waals surface area contributed by atoms with E-state index in [9.17, 15) is 9.59 Å². The minimum atomic E-state index is -0.363. The molecule has 0 bridgehead atoms. The van der Waals surface area contributed by atoms with Crippen LogP contribution in [0.25, 0.3) is 5.69 Å². The van der Waals surface area contributed by atoms with Crippen LogP contribution in [-0.4, -0.2) is 29.3 Å². The van der Waals surface area contributed by atoms with E-state index in [0.717, 1.165) is 27.1 Å². The number of carbonyl (C=O) groups excluding carboxylic acids is 2. The van der Waals surface area contributed by atoms with Gasteiger partial charge in [0.05, 0.1) is 24.1 Å². The number of halogens is 1. The summed E-state index contributed by atoms with van der Waals surface area (Å²) in [5.74, 6) is -0.655. The molecule has 0 fully saturated rings. The molecular formula is C23H22BrN3O3. The molecule has 0 saturated heterocycles. The van der Waals surface area contributed by atoms with Gasteiger partial charge < -0.3 is 9.30 Å². The van der Waals surface area contributed by atoms with Crippen molar-refractivity contribution in [3.05, 3.63) is 87.1 Å². The number of benzene rings is 2. The molecule has 0 atom stereocenters. The van der Waals surface area contributed by atoms with Crippen LogP contribution in [0.15, 0.2) is 64.2 Å². The second-order valence-corrected chi connectivity index (χ2v) is 7.52. The first-order valence-corrected chi connectivity index (χ1v) is 10.3. The van der Waals surface area contributed by atoms with Crippen LogP contribution in [0.3, 0.4) is 0 Å². The highest BCUT2D eigenvalue weighted by Gasteiger charge is 2.17. The zero-order chi connectivity index (χ0) is 21.7. The van der Waals surface area contributed by atoms with E-state index < -0.39 is 0 Å². The number of aromatic nitrogens is 1. The zero-order valence-electron chi connectivity index (χ0n) is 17.0. The Bertz CT molecular complexity index is 1100. The molecule has 0 aliphatic heterocycles. The van der Waals surface area contributed by atoms with Crippen molar-refractivity contribution in [3.8, 4) is 5.69 Å². The summed E-state index contributed by atoms with van der Waals surface area (Å²) in [5, 5.41) is 4.10. The first-order valence-electron chi connectivity index (χ1n) is 9.46. The number of ether oxygens (including phenoxy) is 1. The molecule has 0 unspecified atom stereocenters. The third-order valence-electron chi connectivity index (χ3n) is 4.59. The van der Waals surface area contributed by atoms with Gasteiger partial charge in [0.25, 0.3) is 5.91 Å². The molecule has 3 rings (SSSR count). The number of para-hydroxylation sites is 1. The van der Waals surface area contributed by atoms with Crippen molar-refractivity contribution < 1.29 is 14.3 Å². The zero-order valence-corrected chi connectivity index (χ0v) is 18.6. The number of aryl methyl sites for hydroxylation is 1. The number of rotatable bonds is 6. The van der Waals surface area contributed by atoms with Crippen LogP contribution in [0.1, 0.15) is 44.6 Å². The highest BCUT2D eigenvalue weighted by molar-refractivity contribution is 9.10. The van der Waals surface area contributed by atoms with Crippen LogP contribution in [0.4, 0.5) is 0 Å². The van der Waals surface area contributed by atoms with E-state index in [1.807, 2.05) is 42.7 Å². The molecule has 3 aromatic rings. The lowest BCUT2D eigenvalue weighted by Crippen LogP contribution is -2.17. The van der Waals surface area contributed by atoms with E-state index in [1.54, 1.807) is 43.5 Å². The summed E-state index contributed by atoms with van der Waals surface area (Å²) in [5.41, 5.74) is 6.96. The SMILES string of the molecule is CCOC(=O)c1ccccc1-n1c(C)cc(/C=N\NC(=O)c2ccc(Br)cc2)c1C. The number of nitrogens with zero attached hydrogens (tertiary/aromatic N) is 2. The summed E-state index contributed by atoms with van der Waals surface area (Å²) in [6.07, 6.45) is 1.60. The molecular weight excluding hydrogens is 446 g/mol. The van der Waals surface area contributed by atoms with Crippen molar-refractivity contribution in [2.24, 2.45) is 5.10 Å². The van der Waals surface area contributed by atoms with Crippen LogP contribution in [0.5, 0.6) is 0 Å². The second kappa shape index (κ2) is 9.54. The molecule has 1 heterocycles. The number of amides is 1. The van der Waals surface area contributed by atoms with E-state index >= 15 is 0 Å². The van der Waals surface area contributed by atoms with Crippen LogP contribution in [-0.2, 0) is 4.74 Å². The molecule has 0 radical (unpaired) electrons. The molecule has 7 heteroatoms. The summed E-state index contributed by atoms with van der Waals surface area (Å²) in [7, 11) is 0. The average Bonchev–Trinajstić information content (AvgIpc) is 3.01. The smallest absolute Gasteiger partial charge is 0.340 e. The van der Waals surface area contributed by atoms with Gasteiger partial charge in [0, 0.05) is 27.0 Å². The van der Waals surface area contributed by atoms with Crippen LogP contribution in [0, 0.1) is 13.8 Å². The Labute approximate surface area is 183 Å². The van der Waals surface area contributed by atoms with Gasteiger partial charge in [-0.3, -0.25) is 4.79 Å². The summed E-state index contributed by atoms with van der Waals surface area (Å²) < 4.78 is 8.07.